The number of carbonyl (C=O) groups is 1. The molecule has 0 spiro atoms. The largest absolute Gasteiger partial charge is 0.340 e. The highest BCUT2D eigenvalue weighted by Crippen LogP contribution is 2.24. The van der Waals surface area contributed by atoms with Gasteiger partial charge in [0.1, 0.15) is 17.5 Å². The standard InChI is InChI=1S/C24H20FN5O/c1-16-7-8-20(25)21(13-16)29-24(31)30-23-15-18(10-12-27-23)17-9-11-26-22(14-17)28-19-5-3-2-4-6-19/h2-15H,1H3,(H,26,28)(H2,27,29,30,31). The number of aryl methyl sites for hydroxylation is 1. The summed E-state index contributed by atoms with van der Waals surface area (Å²) in [6.07, 6.45) is 3.31. The van der Waals surface area contributed by atoms with E-state index in [2.05, 4.69) is 25.9 Å². The molecule has 0 atom stereocenters. The Morgan fingerprint density at radius 3 is 2.23 bits per heavy atom. The molecule has 0 saturated carbocycles. The Labute approximate surface area is 179 Å². The first-order valence-corrected chi connectivity index (χ1v) is 9.65. The number of aromatic nitrogens is 2. The summed E-state index contributed by atoms with van der Waals surface area (Å²) in [5.74, 6) is 0.540. The highest BCUT2D eigenvalue weighted by Gasteiger charge is 2.09. The normalized spacial score (nSPS) is 10.4. The first-order chi connectivity index (χ1) is 15.1. The van der Waals surface area contributed by atoms with Gasteiger partial charge in [0, 0.05) is 18.1 Å². The topological polar surface area (TPSA) is 78.9 Å². The van der Waals surface area contributed by atoms with Gasteiger partial charge in [-0.05, 0) is 72.1 Å². The number of nitrogens with zero attached hydrogens (tertiary/aromatic N) is 2. The van der Waals surface area contributed by atoms with Crippen molar-refractivity contribution in [1.82, 2.24) is 9.97 Å². The van der Waals surface area contributed by atoms with E-state index in [1.54, 1.807) is 30.6 Å². The van der Waals surface area contributed by atoms with Crippen LogP contribution in [0.3, 0.4) is 0 Å². The number of anilines is 4. The fourth-order valence-electron chi connectivity index (χ4n) is 3.03. The molecule has 2 aromatic carbocycles. The SMILES string of the molecule is Cc1ccc(F)c(NC(=O)Nc2cc(-c3ccnc(Nc4ccccc4)c3)ccn2)c1. The van der Waals surface area contributed by atoms with Crippen LogP contribution in [-0.4, -0.2) is 16.0 Å². The Kier molecular flexibility index (Phi) is 5.84. The number of para-hydroxylation sites is 1. The molecular weight excluding hydrogens is 393 g/mol. The molecule has 0 saturated heterocycles. The molecule has 4 rings (SSSR count). The molecule has 2 heterocycles. The van der Waals surface area contributed by atoms with Crippen LogP contribution in [0.25, 0.3) is 11.1 Å². The van der Waals surface area contributed by atoms with Crippen molar-refractivity contribution in [3.63, 3.8) is 0 Å². The molecular formula is C24H20FN5O. The second-order valence-electron chi connectivity index (χ2n) is 6.91. The van der Waals surface area contributed by atoms with Crippen LogP contribution >= 0.6 is 0 Å². The Morgan fingerprint density at radius 2 is 1.48 bits per heavy atom. The minimum atomic E-state index is -0.574. The van der Waals surface area contributed by atoms with E-state index < -0.39 is 11.8 Å². The molecule has 0 aliphatic heterocycles. The number of urea groups is 1. The lowest BCUT2D eigenvalue weighted by molar-refractivity contribution is 0.262. The van der Waals surface area contributed by atoms with E-state index in [1.165, 1.54) is 6.07 Å². The van der Waals surface area contributed by atoms with Crippen LogP contribution in [0.2, 0.25) is 0 Å². The van der Waals surface area contributed by atoms with Gasteiger partial charge in [-0.2, -0.15) is 0 Å². The molecule has 0 unspecified atom stereocenters. The first-order valence-electron chi connectivity index (χ1n) is 9.65. The third-order valence-corrected chi connectivity index (χ3v) is 4.51. The number of pyridine rings is 2. The quantitative estimate of drug-likeness (QED) is 0.376. The van der Waals surface area contributed by atoms with Gasteiger partial charge in [0.25, 0.3) is 0 Å². The van der Waals surface area contributed by atoms with Crippen LogP contribution < -0.4 is 16.0 Å². The van der Waals surface area contributed by atoms with Crippen LogP contribution in [0.4, 0.5) is 32.2 Å². The summed E-state index contributed by atoms with van der Waals surface area (Å²) in [6.45, 7) is 1.82. The van der Waals surface area contributed by atoms with Gasteiger partial charge < -0.3 is 10.6 Å². The average molecular weight is 413 g/mol. The number of amides is 2. The summed E-state index contributed by atoms with van der Waals surface area (Å²) in [6, 6.07) is 21.1. The molecule has 4 aromatic rings. The fourth-order valence-corrected chi connectivity index (χ4v) is 3.03. The van der Waals surface area contributed by atoms with Crippen molar-refractivity contribution in [1.29, 1.82) is 0 Å². The van der Waals surface area contributed by atoms with Gasteiger partial charge in [-0.3, -0.25) is 5.32 Å². The second-order valence-corrected chi connectivity index (χ2v) is 6.91. The molecule has 0 radical (unpaired) electrons. The van der Waals surface area contributed by atoms with E-state index in [9.17, 15) is 9.18 Å². The van der Waals surface area contributed by atoms with Crippen molar-refractivity contribution in [3.8, 4) is 11.1 Å². The van der Waals surface area contributed by atoms with Gasteiger partial charge >= 0.3 is 6.03 Å². The van der Waals surface area contributed by atoms with Crippen molar-refractivity contribution in [2.45, 2.75) is 6.92 Å². The number of benzene rings is 2. The Hall–Kier alpha value is -4.26. The van der Waals surface area contributed by atoms with Gasteiger partial charge in [0.2, 0.25) is 0 Å². The lowest BCUT2D eigenvalue weighted by Gasteiger charge is -2.10. The molecule has 154 valence electrons. The number of carbonyl (C=O) groups excluding carboxylic acids is 1. The Bertz CT molecular complexity index is 1210. The fraction of sp³-hybridized carbons (Fsp3) is 0.0417. The zero-order valence-electron chi connectivity index (χ0n) is 16.8. The number of hydrogen-bond donors (Lipinski definition) is 3. The van der Waals surface area contributed by atoms with Gasteiger partial charge in [-0.15, -0.1) is 0 Å². The van der Waals surface area contributed by atoms with Crippen LogP contribution in [0, 0.1) is 12.7 Å². The van der Waals surface area contributed by atoms with Gasteiger partial charge in [-0.1, -0.05) is 24.3 Å². The molecule has 0 aliphatic carbocycles. The van der Waals surface area contributed by atoms with Gasteiger partial charge in [0.15, 0.2) is 0 Å². The van der Waals surface area contributed by atoms with E-state index in [0.717, 1.165) is 22.4 Å². The molecule has 2 aromatic heterocycles. The van der Waals surface area contributed by atoms with Crippen molar-refractivity contribution in [2.24, 2.45) is 0 Å². The minimum Gasteiger partial charge on any atom is -0.340 e. The minimum absolute atomic E-state index is 0.111. The second kappa shape index (κ2) is 9.04. The predicted octanol–water partition coefficient (Wildman–Crippen LogP) is 5.98. The highest BCUT2D eigenvalue weighted by atomic mass is 19.1. The maximum absolute atomic E-state index is 13.9. The maximum atomic E-state index is 13.9. The van der Waals surface area contributed by atoms with Crippen LogP contribution in [0.5, 0.6) is 0 Å². The Morgan fingerprint density at radius 1 is 0.806 bits per heavy atom. The molecule has 3 N–H and O–H groups in total. The predicted molar refractivity (Wildman–Crippen MR) is 121 cm³/mol. The smallest absolute Gasteiger partial charge is 0.324 e. The summed E-state index contributed by atoms with van der Waals surface area (Å²) in [7, 11) is 0. The van der Waals surface area contributed by atoms with Gasteiger partial charge in [0.05, 0.1) is 5.69 Å². The highest BCUT2D eigenvalue weighted by molar-refractivity contribution is 5.99. The zero-order chi connectivity index (χ0) is 21.6. The monoisotopic (exact) mass is 413 g/mol. The van der Waals surface area contributed by atoms with E-state index in [4.69, 9.17) is 0 Å². The van der Waals surface area contributed by atoms with E-state index >= 15 is 0 Å². The van der Waals surface area contributed by atoms with E-state index in [-0.39, 0.29) is 5.69 Å². The maximum Gasteiger partial charge on any atom is 0.324 e. The van der Waals surface area contributed by atoms with Crippen molar-refractivity contribution in [2.75, 3.05) is 16.0 Å². The molecule has 0 aliphatic rings. The lowest BCUT2D eigenvalue weighted by atomic mass is 10.1. The summed E-state index contributed by atoms with van der Waals surface area (Å²) in [5.41, 5.74) is 3.65. The summed E-state index contributed by atoms with van der Waals surface area (Å²) in [5, 5.41) is 8.41. The summed E-state index contributed by atoms with van der Waals surface area (Å²) < 4.78 is 13.9. The zero-order valence-corrected chi connectivity index (χ0v) is 16.8. The third-order valence-electron chi connectivity index (χ3n) is 4.51. The van der Waals surface area contributed by atoms with Crippen LogP contribution in [0.15, 0.2) is 85.2 Å². The van der Waals surface area contributed by atoms with E-state index in [1.807, 2.05) is 55.5 Å². The molecule has 2 amide bonds. The number of hydrogen-bond acceptors (Lipinski definition) is 4. The Balaban J connectivity index is 1.49. The lowest BCUT2D eigenvalue weighted by Crippen LogP contribution is -2.20. The molecule has 31 heavy (non-hydrogen) atoms. The number of halogens is 1. The van der Waals surface area contributed by atoms with Crippen LogP contribution in [0.1, 0.15) is 5.56 Å². The van der Waals surface area contributed by atoms with Crippen molar-refractivity contribution in [3.05, 3.63) is 96.6 Å². The molecule has 0 fully saturated rings. The molecule has 6 nitrogen and oxygen atoms in total. The van der Waals surface area contributed by atoms with Gasteiger partial charge in [-0.25, -0.2) is 19.2 Å². The van der Waals surface area contributed by atoms with Crippen molar-refractivity contribution >= 4 is 29.0 Å². The van der Waals surface area contributed by atoms with Crippen LogP contribution in [-0.2, 0) is 0 Å². The summed E-state index contributed by atoms with van der Waals surface area (Å²) >= 11 is 0. The van der Waals surface area contributed by atoms with Crippen molar-refractivity contribution < 1.29 is 9.18 Å². The number of rotatable bonds is 5. The number of nitrogens with one attached hydrogen (secondary N) is 3. The van der Waals surface area contributed by atoms with E-state index in [0.29, 0.717) is 11.6 Å². The average Bonchev–Trinajstić information content (AvgIpc) is 2.77. The molecule has 0 bridgehead atoms. The summed E-state index contributed by atoms with van der Waals surface area (Å²) in [4.78, 5) is 20.8. The third kappa shape index (κ3) is 5.22. The molecule has 7 heteroatoms. The first kappa shape index (κ1) is 20.0.